The minimum atomic E-state index is -0.626. The Kier molecular flexibility index (Phi) is 8.69. The van der Waals surface area contributed by atoms with Gasteiger partial charge in [-0.2, -0.15) is 0 Å². The van der Waals surface area contributed by atoms with E-state index in [-0.39, 0.29) is 17.9 Å². The van der Waals surface area contributed by atoms with E-state index in [9.17, 15) is 9.59 Å². The first-order valence-corrected chi connectivity index (χ1v) is 14.7. The van der Waals surface area contributed by atoms with Crippen LogP contribution >= 0.6 is 23.2 Å². The van der Waals surface area contributed by atoms with E-state index in [1.807, 2.05) is 48.5 Å². The SMILES string of the molecule is CNC(=O)NC1(c2ccccc2)CCN(C[C@@H]2C[C@@]2(C(=O)NCCc2ccccc2)c2ccc(Cl)c(Cl)c2)CC1. The van der Waals surface area contributed by atoms with Crippen molar-refractivity contribution in [2.24, 2.45) is 5.92 Å². The van der Waals surface area contributed by atoms with Gasteiger partial charge in [0, 0.05) is 33.2 Å². The van der Waals surface area contributed by atoms with Crippen molar-refractivity contribution in [1.29, 1.82) is 0 Å². The van der Waals surface area contributed by atoms with Crippen molar-refractivity contribution >= 4 is 35.1 Å². The second-order valence-electron chi connectivity index (χ2n) is 10.9. The molecule has 3 amide bonds. The van der Waals surface area contributed by atoms with Crippen molar-refractivity contribution in [3.05, 3.63) is 106 Å². The van der Waals surface area contributed by atoms with Gasteiger partial charge in [-0.3, -0.25) is 4.79 Å². The standard InChI is InChI=1S/C32H36Cl2N4O2/c1-35-30(40)37-31(24-10-6-3-7-11-24)15-18-38(19-16-31)22-26-21-32(26,25-12-13-27(33)28(34)20-25)29(39)36-17-14-23-8-4-2-5-9-23/h2-13,20,26H,14-19,21-22H2,1H3,(H,36,39)(H2,35,37,40)/t26-,32+/m0/s1. The number of amides is 3. The molecule has 2 fully saturated rings. The van der Waals surface area contributed by atoms with Gasteiger partial charge in [-0.25, -0.2) is 4.79 Å². The fourth-order valence-electron chi connectivity index (χ4n) is 6.16. The number of hydrogen-bond acceptors (Lipinski definition) is 3. The largest absolute Gasteiger partial charge is 0.355 e. The fourth-order valence-corrected chi connectivity index (χ4v) is 6.46. The molecule has 1 saturated carbocycles. The zero-order chi connectivity index (χ0) is 28.2. The lowest BCUT2D eigenvalue weighted by Gasteiger charge is -2.43. The third-order valence-electron chi connectivity index (χ3n) is 8.58. The van der Waals surface area contributed by atoms with E-state index in [1.165, 1.54) is 5.56 Å². The molecule has 0 unspecified atom stereocenters. The van der Waals surface area contributed by atoms with Crippen LogP contribution in [0.3, 0.4) is 0 Å². The highest BCUT2D eigenvalue weighted by Crippen LogP contribution is 2.56. The number of carbonyl (C=O) groups is 2. The molecule has 0 spiro atoms. The van der Waals surface area contributed by atoms with E-state index in [2.05, 4.69) is 45.1 Å². The molecule has 2 aliphatic rings. The van der Waals surface area contributed by atoms with Gasteiger partial charge >= 0.3 is 6.03 Å². The molecular formula is C32H36Cl2N4O2. The molecule has 2 atom stereocenters. The van der Waals surface area contributed by atoms with Crippen molar-refractivity contribution < 1.29 is 9.59 Å². The molecule has 3 N–H and O–H groups in total. The van der Waals surface area contributed by atoms with E-state index in [4.69, 9.17) is 23.2 Å². The van der Waals surface area contributed by atoms with Gasteiger partial charge in [0.15, 0.2) is 0 Å². The Morgan fingerprint density at radius 2 is 1.57 bits per heavy atom. The molecule has 3 aromatic rings. The minimum Gasteiger partial charge on any atom is -0.355 e. The van der Waals surface area contributed by atoms with E-state index in [0.717, 1.165) is 56.4 Å². The van der Waals surface area contributed by atoms with Crippen LogP contribution in [0.5, 0.6) is 0 Å². The first kappa shape index (κ1) is 28.5. The van der Waals surface area contributed by atoms with Crippen LogP contribution in [0.4, 0.5) is 4.79 Å². The average molecular weight is 580 g/mol. The summed E-state index contributed by atoms with van der Waals surface area (Å²) in [5, 5.41) is 10.1. The maximum absolute atomic E-state index is 13.7. The predicted octanol–water partition coefficient (Wildman–Crippen LogP) is 5.53. The van der Waals surface area contributed by atoms with E-state index in [1.54, 1.807) is 13.1 Å². The maximum Gasteiger partial charge on any atom is 0.315 e. The third-order valence-corrected chi connectivity index (χ3v) is 9.32. The van der Waals surface area contributed by atoms with Gasteiger partial charge in [-0.05, 0) is 60.4 Å². The van der Waals surface area contributed by atoms with Gasteiger partial charge in [0.25, 0.3) is 0 Å². The number of halogens is 2. The topological polar surface area (TPSA) is 73.5 Å². The van der Waals surface area contributed by atoms with E-state index >= 15 is 0 Å². The molecule has 210 valence electrons. The number of nitrogens with zero attached hydrogens (tertiary/aromatic N) is 1. The Hall–Kier alpha value is -3.06. The fraction of sp³-hybridized carbons (Fsp3) is 0.375. The number of nitrogens with one attached hydrogen (secondary N) is 3. The lowest BCUT2D eigenvalue weighted by Crippen LogP contribution is -2.55. The van der Waals surface area contributed by atoms with Crippen molar-refractivity contribution in [1.82, 2.24) is 20.9 Å². The summed E-state index contributed by atoms with van der Waals surface area (Å²) in [4.78, 5) is 28.5. The molecule has 1 aliphatic carbocycles. The van der Waals surface area contributed by atoms with Gasteiger partial charge in [0.1, 0.15) is 0 Å². The van der Waals surface area contributed by atoms with Crippen LogP contribution in [0.1, 0.15) is 36.0 Å². The summed E-state index contributed by atoms with van der Waals surface area (Å²) in [7, 11) is 1.64. The highest BCUT2D eigenvalue weighted by atomic mass is 35.5. The van der Waals surface area contributed by atoms with Crippen LogP contribution in [0.15, 0.2) is 78.9 Å². The highest BCUT2D eigenvalue weighted by molar-refractivity contribution is 6.42. The molecule has 0 radical (unpaired) electrons. The van der Waals surface area contributed by atoms with Crippen molar-refractivity contribution in [3.8, 4) is 0 Å². The summed E-state index contributed by atoms with van der Waals surface area (Å²) < 4.78 is 0. The van der Waals surface area contributed by atoms with Crippen LogP contribution in [-0.4, -0.2) is 50.1 Å². The molecule has 0 aromatic heterocycles. The van der Waals surface area contributed by atoms with Gasteiger partial charge in [0.05, 0.1) is 21.0 Å². The molecule has 6 nitrogen and oxygen atoms in total. The maximum atomic E-state index is 13.7. The highest BCUT2D eigenvalue weighted by Gasteiger charge is 2.61. The molecule has 3 aromatic carbocycles. The number of carbonyl (C=O) groups excluding carboxylic acids is 2. The number of likely N-dealkylation sites (tertiary alicyclic amines) is 1. The zero-order valence-corrected chi connectivity index (χ0v) is 24.3. The zero-order valence-electron chi connectivity index (χ0n) is 22.8. The molecule has 1 saturated heterocycles. The Morgan fingerprint density at radius 3 is 2.23 bits per heavy atom. The Labute approximate surface area is 246 Å². The Bertz CT molecular complexity index is 1330. The molecular weight excluding hydrogens is 543 g/mol. The first-order valence-electron chi connectivity index (χ1n) is 13.9. The van der Waals surface area contributed by atoms with E-state index < -0.39 is 11.0 Å². The predicted molar refractivity (Wildman–Crippen MR) is 161 cm³/mol. The summed E-state index contributed by atoms with van der Waals surface area (Å²) in [6.07, 6.45) is 3.13. The van der Waals surface area contributed by atoms with Crippen molar-refractivity contribution in [3.63, 3.8) is 0 Å². The summed E-state index contributed by atoms with van der Waals surface area (Å²) >= 11 is 12.6. The lowest BCUT2D eigenvalue weighted by atomic mass is 9.80. The average Bonchev–Trinajstić information content (AvgIpc) is 3.71. The van der Waals surface area contributed by atoms with Crippen molar-refractivity contribution in [2.75, 3.05) is 33.2 Å². The number of hydrogen-bond donors (Lipinski definition) is 3. The second kappa shape index (κ2) is 12.2. The molecule has 1 heterocycles. The van der Waals surface area contributed by atoms with Gasteiger partial charge < -0.3 is 20.9 Å². The lowest BCUT2D eigenvalue weighted by molar-refractivity contribution is -0.124. The smallest absolute Gasteiger partial charge is 0.315 e. The van der Waals surface area contributed by atoms with Crippen LogP contribution in [-0.2, 0) is 22.2 Å². The summed E-state index contributed by atoms with van der Waals surface area (Å²) in [6.45, 7) is 3.02. The summed E-state index contributed by atoms with van der Waals surface area (Å²) in [5.74, 6) is 0.210. The summed E-state index contributed by atoms with van der Waals surface area (Å²) in [6, 6.07) is 25.8. The normalized spacial score (nSPS) is 21.8. The molecule has 1 aliphatic heterocycles. The minimum absolute atomic E-state index is 0.0451. The quantitative estimate of drug-likeness (QED) is 0.312. The third kappa shape index (κ3) is 5.99. The van der Waals surface area contributed by atoms with Gasteiger partial charge in [-0.1, -0.05) is 89.9 Å². The molecule has 0 bridgehead atoms. The van der Waals surface area contributed by atoms with Crippen LogP contribution in [0.25, 0.3) is 0 Å². The van der Waals surface area contributed by atoms with Gasteiger partial charge in [0.2, 0.25) is 5.91 Å². The second-order valence-corrected chi connectivity index (χ2v) is 11.8. The number of piperidine rings is 1. The Morgan fingerprint density at radius 1 is 0.900 bits per heavy atom. The van der Waals surface area contributed by atoms with Crippen LogP contribution in [0.2, 0.25) is 10.0 Å². The first-order chi connectivity index (χ1) is 19.4. The summed E-state index contributed by atoms with van der Waals surface area (Å²) in [5.41, 5.74) is 2.18. The number of urea groups is 1. The number of benzene rings is 3. The molecule has 5 rings (SSSR count). The van der Waals surface area contributed by atoms with Crippen LogP contribution in [0, 0.1) is 5.92 Å². The monoisotopic (exact) mass is 578 g/mol. The number of rotatable bonds is 9. The molecule has 8 heteroatoms. The van der Waals surface area contributed by atoms with Crippen LogP contribution < -0.4 is 16.0 Å². The van der Waals surface area contributed by atoms with Gasteiger partial charge in [-0.15, -0.1) is 0 Å². The van der Waals surface area contributed by atoms with E-state index in [0.29, 0.717) is 16.6 Å². The Balaban J connectivity index is 1.28. The van der Waals surface area contributed by atoms with Crippen molar-refractivity contribution in [2.45, 2.75) is 36.6 Å². The molecule has 40 heavy (non-hydrogen) atoms.